The van der Waals surface area contributed by atoms with E-state index in [1.54, 1.807) is 53.7 Å². The second-order valence-electron chi connectivity index (χ2n) is 19.7. The Labute approximate surface area is 425 Å². The van der Waals surface area contributed by atoms with Gasteiger partial charge in [0, 0.05) is 46.9 Å². The average Bonchev–Trinajstić information content (AvgIpc) is 3.33. The maximum absolute atomic E-state index is 13.4. The van der Waals surface area contributed by atoms with Gasteiger partial charge in [-0.3, -0.25) is 14.4 Å². The van der Waals surface area contributed by atoms with Crippen LogP contribution in [0.3, 0.4) is 0 Å². The van der Waals surface area contributed by atoms with Gasteiger partial charge < -0.3 is 20.6 Å². The summed E-state index contributed by atoms with van der Waals surface area (Å²) in [5.41, 5.74) is 4.67. The number of hydrogen-bond acceptors (Lipinski definition) is 8. The predicted octanol–water partition coefficient (Wildman–Crippen LogP) is 9.14. The normalized spacial score (nSPS) is 15.4. The van der Waals surface area contributed by atoms with Crippen molar-refractivity contribution in [3.05, 3.63) is 191 Å². The van der Waals surface area contributed by atoms with Crippen LogP contribution in [0, 0.1) is 17.6 Å². The first-order chi connectivity index (χ1) is 34.3. The van der Waals surface area contributed by atoms with Gasteiger partial charge in [0.2, 0.25) is 31.9 Å². The quantitative estimate of drug-likeness (QED) is 0.0885. The van der Waals surface area contributed by atoms with E-state index in [4.69, 9.17) is 5.11 Å². The number of aryl methyl sites for hydroxylation is 1. The number of benzene rings is 6. The smallest absolute Gasteiger partial charge is 0.335 e. The highest BCUT2D eigenvalue weighted by atomic mass is 32.2. The summed E-state index contributed by atoms with van der Waals surface area (Å²) < 4.78 is 80.6. The van der Waals surface area contributed by atoms with E-state index >= 15 is 0 Å². The van der Waals surface area contributed by atoms with Crippen LogP contribution in [0.5, 0.6) is 0 Å². The zero-order chi connectivity index (χ0) is 53.3. The summed E-state index contributed by atoms with van der Waals surface area (Å²) in [6, 6.07) is 37.1. The number of carboxylic acid groups (broad SMARTS) is 1. The van der Waals surface area contributed by atoms with Crippen LogP contribution in [0.15, 0.2) is 155 Å². The molecule has 2 atom stereocenters. The van der Waals surface area contributed by atoms with Crippen LogP contribution >= 0.6 is 0 Å². The number of rotatable bonds is 10. The van der Waals surface area contributed by atoms with Crippen molar-refractivity contribution in [2.24, 2.45) is 5.92 Å². The lowest BCUT2D eigenvalue weighted by Gasteiger charge is -2.36. The van der Waals surface area contributed by atoms with Gasteiger partial charge >= 0.3 is 5.97 Å². The predicted molar refractivity (Wildman–Crippen MR) is 276 cm³/mol. The van der Waals surface area contributed by atoms with E-state index < -0.39 is 60.7 Å². The Kier molecular flexibility index (Phi) is 17.5. The summed E-state index contributed by atoms with van der Waals surface area (Å²) in [4.78, 5) is 51.2. The van der Waals surface area contributed by atoms with E-state index in [9.17, 15) is 44.8 Å². The summed E-state index contributed by atoms with van der Waals surface area (Å²) in [5.74, 6) is -2.78. The van der Waals surface area contributed by atoms with Crippen LogP contribution in [0.1, 0.15) is 90.9 Å². The highest BCUT2D eigenvalue weighted by Crippen LogP contribution is 2.29. The summed E-state index contributed by atoms with van der Waals surface area (Å²) in [7, 11) is -7.29. The lowest BCUT2D eigenvalue weighted by atomic mass is 9.83. The molecule has 0 saturated heterocycles. The Bertz CT molecular complexity index is 3160. The molecule has 384 valence electrons. The van der Waals surface area contributed by atoms with Gasteiger partial charge in [-0.05, 0) is 180 Å². The average molecular weight is 1040 g/mol. The van der Waals surface area contributed by atoms with Crippen LogP contribution < -0.4 is 20.1 Å². The fourth-order valence-electron chi connectivity index (χ4n) is 8.07. The first kappa shape index (κ1) is 55.2. The monoisotopic (exact) mass is 1040 g/mol. The number of carbonyl (C=O) groups excluding carboxylic acids is 3. The number of halogens is 2. The van der Waals surface area contributed by atoms with Gasteiger partial charge in [0.1, 0.15) is 17.7 Å². The Morgan fingerprint density at radius 2 is 0.945 bits per heavy atom. The second-order valence-corrected chi connectivity index (χ2v) is 23.1. The SMILES string of the molecule is CC(C)(C)NS(=O)(=O)c1ccc(NC(=O)C2CCc3ccccc3C2)cc1.CC(C)(C)NS(=O)(=O)c1ccc(NC(=O)C2Cc3ccccc3CN2C(=O)c2ccc(F)cc2)cc1.O=C(O)c1ccc(F)cc1. The van der Waals surface area contributed by atoms with Crippen LogP contribution in [0.4, 0.5) is 20.2 Å². The molecule has 73 heavy (non-hydrogen) atoms. The van der Waals surface area contributed by atoms with Crippen molar-refractivity contribution in [1.29, 1.82) is 0 Å². The Morgan fingerprint density at radius 1 is 0.534 bits per heavy atom. The zero-order valence-corrected chi connectivity index (χ0v) is 42.9. The standard InChI is InChI=1S/C27H28FN3O4S.C21H26N2O3S.C7H5FO2/c1-27(2,3)30-36(34,35)23-14-12-22(13-15-23)29-25(32)24-16-19-6-4-5-7-20(19)17-31(24)26(33)18-8-10-21(28)11-9-18;1-21(2,3)23-27(25,26)19-12-10-18(11-13-19)22-20(24)17-9-8-15-6-4-5-7-16(15)14-17;8-6-3-1-5(2-4-6)7(9)10/h4-15,24,30H,16-17H2,1-3H3,(H,29,32);4-7,10-13,17,23H,8-9,14H2,1-3H3,(H,22,24);1-4H,(H,9,10). The van der Waals surface area contributed by atoms with Gasteiger partial charge in [-0.25, -0.2) is 39.9 Å². The topological polar surface area (TPSA) is 208 Å². The molecule has 5 N–H and O–H groups in total. The number of nitrogens with one attached hydrogen (secondary N) is 4. The fourth-order valence-corrected chi connectivity index (χ4v) is 10.9. The molecule has 18 heteroatoms. The van der Waals surface area contributed by atoms with Crippen molar-refractivity contribution in [3.8, 4) is 0 Å². The lowest BCUT2D eigenvalue weighted by molar-refractivity contribution is -0.121. The zero-order valence-electron chi connectivity index (χ0n) is 41.3. The van der Waals surface area contributed by atoms with E-state index in [0.717, 1.165) is 42.5 Å². The summed E-state index contributed by atoms with van der Waals surface area (Å²) in [6.45, 7) is 10.9. The van der Waals surface area contributed by atoms with E-state index in [1.807, 2.05) is 36.4 Å². The largest absolute Gasteiger partial charge is 0.478 e. The molecule has 1 heterocycles. The third-order valence-electron chi connectivity index (χ3n) is 11.5. The first-order valence-electron chi connectivity index (χ1n) is 23.4. The van der Waals surface area contributed by atoms with Gasteiger partial charge in [0.05, 0.1) is 15.4 Å². The summed E-state index contributed by atoms with van der Waals surface area (Å²) in [5, 5.41) is 14.1. The Morgan fingerprint density at radius 3 is 1.40 bits per heavy atom. The highest BCUT2D eigenvalue weighted by molar-refractivity contribution is 7.89. The minimum atomic E-state index is -3.71. The number of nitrogens with zero attached hydrogens (tertiary/aromatic N) is 1. The van der Waals surface area contributed by atoms with E-state index in [0.29, 0.717) is 17.8 Å². The fraction of sp³-hybridized carbons (Fsp3) is 0.273. The molecule has 1 aliphatic heterocycles. The molecule has 0 saturated carbocycles. The molecule has 0 radical (unpaired) electrons. The molecule has 0 aromatic heterocycles. The number of sulfonamides is 2. The highest BCUT2D eigenvalue weighted by Gasteiger charge is 2.35. The van der Waals surface area contributed by atoms with Crippen molar-refractivity contribution < 1.29 is 49.9 Å². The minimum absolute atomic E-state index is 0.0204. The maximum Gasteiger partial charge on any atom is 0.335 e. The van der Waals surface area contributed by atoms with Crippen molar-refractivity contribution >= 4 is 55.1 Å². The lowest BCUT2D eigenvalue weighted by Crippen LogP contribution is -2.50. The number of amides is 3. The molecule has 0 bridgehead atoms. The molecule has 6 aromatic carbocycles. The second kappa shape index (κ2) is 23.2. The van der Waals surface area contributed by atoms with Gasteiger partial charge in [-0.1, -0.05) is 48.5 Å². The molecular formula is C55H59F2N5O9S2. The van der Waals surface area contributed by atoms with Crippen molar-refractivity contribution in [1.82, 2.24) is 14.3 Å². The van der Waals surface area contributed by atoms with Gasteiger partial charge in [0.25, 0.3) is 5.91 Å². The van der Waals surface area contributed by atoms with Gasteiger partial charge in [-0.15, -0.1) is 0 Å². The number of carbonyl (C=O) groups is 4. The van der Waals surface area contributed by atoms with Crippen LogP contribution in [-0.4, -0.2) is 67.7 Å². The number of carboxylic acids is 1. The molecule has 1 aliphatic carbocycles. The minimum Gasteiger partial charge on any atom is -0.478 e. The number of anilines is 2. The molecular weight excluding hydrogens is 977 g/mol. The molecule has 3 amide bonds. The van der Waals surface area contributed by atoms with Crippen LogP contribution in [0.2, 0.25) is 0 Å². The third kappa shape index (κ3) is 15.7. The van der Waals surface area contributed by atoms with Crippen LogP contribution in [0.25, 0.3) is 0 Å². The summed E-state index contributed by atoms with van der Waals surface area (Å²) in [6.07, 6.45) is 2.79. The van der Waals surface area contributed by atoms with E-state index in [-0.39, 0.29) is 45.2 Å². The van der Waals surface area contributed by atoms with E-state index in [2.05, 4.69) is 32.2 Å². The molecule has 2 unspecified atom stereocenters. The summed E-state index contributed by atoms with van der Waals surface area (Å²) >= 11 is 0. The number of aromatic carboxylic acids is 1. The van der Waals surface area contributed by atoms with Crippen molar-refractivity contribution in [2.45, 2.75) is 101 Å². The Hall–Kier alpha value is -7.12. The molecule has 0 fully saturated rings. The molecule has 2 aliphatic rings. The van der Waals surface area contributed by atoms with Gasteiger partial charge in [-0.2, -0.15) is 0 Å². The third-order valence-corrected chi connectivity index (χ3v) is 15.0. The maximum atomic E-state index is 13.4. The molecule has 14 nitrogen and oxygen atoms in total. The van der Waals surface area contributed by atoms with Crippen molar-refractivity contribution in [2.75, 3.05) is 10.6 Å². The van der Waals surface area contributed by atoms with E-state index in [1.165, 1.54) is 88.8 Å². The molecule has 0 spiro atoms. The number of hydrogen-bond donors (Lipinski definition) is 5. The first-order valence-corrected chi connectivity index (χ1v) is 26.3. The number of fused-ring (bicyclic) bond motifs is 2. The molecule has 6 aromatic rings. The van der Waals surface area contributed by atoms with Gasteiger partial charge in [0.15, 0.2) is 0 Å². The molecule has 8 rings (SSSR count). The van der Waals surface area contributed by atoms with Crippen LogP contribution in [-0.2, 0) is 55.4 Å². The van der Waals surface area contributed by atoms with Crippen molar-refractivity contribution in [3.63, 3.8) is 0 Å². The Balaban J connectivity index is 0.000000205.